The molecule has 3 aromatic carbocycles. The van der Waals surface area contributed by atoms with Gasteiger partial charge in [-0.25, -0.2) is 4.98 Å². The number of carbonyl (C=O) groups is 1. The van der Waals surface area contributed by atoms with Crippen LogP contribution in [0.15, 0.2) is 78.9 Å². The monoisotopic (exact) mass is 430 g/mol. The quantitative estimate of drug-likeness (QED) is 0.354. The SMILES string of the molecule is O=C(CCCc1nc2ccccc2s1)NCc1ccccc1COCc1ccccc1. The first-order valence-electron chi connectivity index (χ1n) is 10.6. The molecule has 158 valence electrons. The Labute approximate surface area is 186 Å². The van der Waals surface area contributed by atoms with E-state index in [4.69, 9.17) is 4.74 Å². The number of fused-ring (bicyclic) bond motifs is 1. The van der Waals surface area contributed by atoms with E-state index in [-0.39, 0.29) is 5.91 Å². The topological polar surface area (TPSA) is 51.2 Å². The van der Waals surface area contributed by atoms with E-state index in [9.17, 15) is 4.79 Å². The number of nitrogens with zero attached hydrogens (tertiary/aromatic N) is 1. The molecule has 0 spiro atoms. The number of hydrogen-bond donors (Lipinski definition) is 1. The molecule has 0 radical (unpaired) electrons. The number of thiazole rings is 1. The smallest absolute Gasteiger partial charge is 0.220 e. The Bertz CT molecular complexity index is 1090. The van der Waals surface area contributed by atoms with Crippen molar-refractivity contribution in [3.63, 3.8) is 0 Å². The lowest BCUT2D eigenvalue weighted by Gasteiger charge is -2.11. The van der Waals surface area contributed by atoms with Crippen LogP contribution in [-0.4, -0.2) is 10.9 Å². The number of aromatic nitrogens is 1. The van der Waals surface area contributed by atoms with E-state index in [0.29, 0.717) is 26.2 Å². The van der Waals surface area contributed by atoms with Gasteiger partial charge in [-0.2, -0.15) is 0 Å². The van der Waals surface area contributed by atoms with Crippen molar-refractivity contribution < 1.29 is 9.53 Å². The van der Waals surface area contributed by atoms with E-state index in [0.717, 1.165) is 40.1 Å². The highest BCUT2D eigenvalue weighted by Crippen LogP contribution is 2.22. The molecular formula is C26H26N2O2S. The molecule has 0 fully saturated rings. The predicted molar refractivity (Wildman–Crippen MR) is 126 cm³/mol. The Balaban J connectivity index is 1.21. The van der Waals surface area contributed by atoms with Gasteiger partial charge in [0.1, 0.15) is 0 Å². The van der Waals surface area contributed by atoms with Crippen LogP contribution in [0.3, 0.4) is 0 Å². The van der Waals surface area contributed by atoms with E-state index in [1.807, 2.05) is 54.6 Å². The Morgan fingerprint density at radius 3 is 2.45 bits per heavy atom. The van der Waals surface area contributed by atoms with Crippen LogP contribution in [0.4, 0.5) is 0 Å². The maximum Gasteiger partial charge on any atom is 0.220 e. The first-order valence-corrected chi connectivity index (χ1v) is 11.4. The molecule has 4 nitrogen and oxygen atoms in total. The molecule has 0 atom stereocenters. The molecule has 0 saturated carbocycles. The number of para-hydroxylation sites is 1. The molecule has 4 rings (SSSR count). The van der Waals surface area contributed by atoms with Gasteiger partial charge in [-0.15, -0.1) is 11.3 Å². The number of hydrogen-bond acceptors (Lipinski definition) is 4. The van der Waals surface area contributed by atoms with E-state index in [1.54, 1.807) is 11.3 Å². The van der Waals surface area contributed by atoms with Crippen LogP contribution in [0, 0.1) is 0 Å². The minimum Gasteiger partial charge on any atom is -0.372 e. The van der Waals surface area contributed by atoms with Crippen molar-refractivity contribution in [1.29, 1.82) is 0 Å². The van der Waals surface area contributed by atoms with Gasteiger partial charge in [-0.1, -0.05) is 66.7 Å². The molecule has 1 N–H and O–H groups in total. The van der Waals surface area contributed by atoms with Gasteiger partial charge in [0, 0.05) is 13.0 Å². The fourth-order valence-corrected chi connectivity index (χ4v) is 4.44. The first-order chi connectivity index (χ1) is 15.3. The fourth-order valence-electron chi connectivity index (χ4n) is 3.43. The van der Waals surface area contributed by atoms with Gasteiger partial charge in [-0.3, -0.25) is 4.79 Å². The van der Waals surface area contributed by atoms with Crippen LogP contribution in [-0.2, 0) is 35.7 Å². The summed E-state index contributed by atoms with van der Waals surface area (Å²) < 4.78 is 7.08. The third kappa shape index (κ3) is 6.23. The highest BCUT2D eigenvalue weighted by Gasteiger charge is 2.08. The van der Waals surface area contributed by atoms with E-state index < -0.39 is 0 Å². The number of amides is 1. The summed E-state index contributed by atoms with van der Waals surface area (Å²) in [7, 11) is 0. The lowest BCUT2D eigenvalue weighted by Crippen LogP contribution is -2.23. The standard InChI is InChI=1S/C26H26N2O2S/c29-25(15-8-16-26-28-23-13-6-7-14-24(23)31-26)27-17-21-11-4-5-12-22(21)19-30-18-20-9-2-1-3-10-20/h1-7,9-14H,8,15-19H2,(H,27,29). The second kappa shape index (κ2) is 10.8. The maximum atomic E-state index is 12.3. The molecule has 1 amide bonds. The summed E-state index contributed by atoms with van der Waals surface area (Å²) in [6.07, 6.45) is 2.13. The molecule has 4 aromatic rings. The summed E-state index contributed by atoms with van der Waals surface area (Å²) >= 11 is 1.71. The van der Waals surface area contributed by atoms with E-state index in [2.05, 4.69) is 34.6 Å². The number of nitrogens with one attached hydrogen (secondary N) is 1. The van der Waals surface area contributed by atoms with Crippen LogP contribution in [0.1, 0.15) is 34.5 Å². The van der Waals surface area contributed by atoms with Gasteiger partial charge >= 0.3 is 0 Å². The van der Waals surface area contributed by atoms with Gasteiger partial charge < -0.3 is 10.1 Å². The van der Waals surface area contributed by atoms with Crippen molar-refractivity contribution in [2.75, 3.05) is 0 Å². The normalized spacial score (nSPS) is 11.0. The highest BCUT2D eigenvalue weighted by atomic mass is 32.1. The van der Waals surface area contributed by atoms with Gasteiger partial charge in [0.25, 0.3) is 0 Å². The zero-order chi connectivity index (χ0) is 21.3. The molecule has 0 aliphatic rings. The van der Waals surface area contributed by atoms with Crippen molar-refractivity contribution in [2.24, 2.45) is 0 Å². The summed E-state index contributed by atoms with van der Waals surface area (Å²) in [6, 6.07) is 26.4. The van der Waals surface area contributed by atoms with Crippen molar-refractivity contribution in [1.82, 2.24) is 10.3 Å². The summed E-state index contributed by atoms with van der Waals surface area (Å²) in [5, 5.41) is 4.14. The molecule has 0 saturated heterocycles. The third-order valence-electron chi connectivity index (χ3n) is 5.10. The van der Waals surface area contributed by atoms with Crippen molar-refractivity contribution in [3.05, 3.63) is 101 Å². The zero-order valence-electron chi connectivity index (χ0n) is 17.4. The second-order valence-electron chi connectivity index (χ2n) is 7.45. The minimum atomic E-state index is 0.0705. The lowest BCUT2D eigenvalue weighted by atomic mass is 10.1. The average Bonchev–Trinajstić information content (AvgIpc) is 3.22. The van der Waals surface area contributed by atoms with Gasteiger partial charge in [-0.05, 0) is 41.7 Å². The number of aryl methyl sites for hydroxylation is 1. The number of benzene rings is 3. The highest BCUT2D eigenvalue weighted by molar-refractivity contribution is 7.18. The summed E-state index contributed by atoms with van der Waals surface area (Å²) in [4.78, 5) is 17.0. The van der Waals surface area contributed by atoms with Crippen molar-refractivity contribution in [2.45, 2.75) is 39.0 Å². The minimum absolute atomic E-state index is 0.0705. The molecule has 5 heteroatoms. The van der Waals surface area contributed by atoms with Crippen molar-refractivity contribution in [3.8, 4) is 0 Å². The Morgan fingerprint density at radius 1 is 0.871 bits per heavy atom. The summed E-state index contributed by atoms with van der Waals surface area (Å²) in [5.74, 6) is 0.0705. The predicted octanol–water partition coefficient (Wildman–Crippen LogP) is 5.65. The number of carbonyl (C=O) groups excluding carboxylic acids is 1. The largest absolute Gasteiger partial charge is 0.372 e. The van der Waals surface area contributed by atoms with Crippen LogP contribution < -0.4 is 5.32 Å². The van der Waals surface area contributed by atoms with Crippen molar-refractivity contribution >= 4 is 27.5 Å². The Hall–Kier alpha value is -3.02. The fraction of sp³-hybridized carbons (Fsp3) is 0.231. The maximum absolute atomic E-state index is 12.3. The molecule has 0 aliphatic heterocycles. The van der Waals surface area contributed by atoms with E-state index in [1.165, 1.54) is 4.70 Å². The van der Waals surface area contributed by atoms with Gasteiger partial charge in [0.15, 0.2) is 0 Å². The third-order valence-corrected chi connectivity index (χ3v) is 6.19. The summed E-state index contributed by atoms with van der Waals surface area (Å²) in [5.41, 5.74) is 4.39. The average molecular weight is 431 g/mol. The van der Waals surface area contributed by atoms with E-state index >= 15 is 0 Å². The lowest BCUT2D eigenvalue weighted by molar-refractivity contribution is -0.121. The van der Waals surface area contributed by atoms with Gasteiger partial charge in [0.05, 0.1) is 28.4 Å². The molecular weight excluding hydrogens is 404 g/mol. The number of ether oxygens (including phenoxy) is 1. The molecule has 1 aromatic heterocycles. The second-order valence-corrected chi connectivity index (χ2v) is 8.57. The van der Waals surface area contributed by atoms with Crippen LogP contribution in [0.5, 0.6) is 0 Å². The summed E-state index contributed by atoms with van der Waals surface area (Å²) in [6.45, 7) is 1.62. The molecule has 0 unspecified atom stereocenters. The molecule has 0 bridgehead atoms. The van der Waals surface area contributed by atoms with Crippen LogP contribution in [0.25, 0.3) is 10.2 Å². The Kier molecular flexibility index (Phi) is 7.42. The zero-order valence-corrected chi connectivity index (χ0v) is 18.2. The first kappa shape index (κ1) is 21.2. The molecule has 0 aliphatic carbocycles. The van der Waals surface area contributed by atoms with Gasteiger partial charge in [0.2, 0.25) is 5.91 Å². The molecule has 1 heterocycles. The van der Waals surface area contributed by atoms with Crippen LogP contribution in [0.2, 0.25) is 0 Å². The van der Waals surface area contributed by atoms with Crippen LogP contribution >= 0.6 is 11.3 Å². The molecule has 31 heavy (non-hydrogen) atoms. The number of rotatable bonds is 10. The Morgan fingerprint density at radius 2 is 1.61 bits per heavy atom.